The lowest BCUT2D eigenvalue weighted by Gasteiger charge is -2.04. The molecule has 100 valence electrons. The van der Waals surface area contributed by atoms with Gasteiger partial charge in [0.15, 0.2) is 0 Å². The molecular formula is C17H15BrN2. The minimum absolute atomic E-state index is 0.746. The maximum atomic E-state index is 4.71. The van der Waals surface area contributed by atoms with Gasteiger partial charge in [-0.15, -0.1) is 0 Å². The quantitative estimate of drug-likeness (QED) is 0.635. The van der Waals surface area contributed by atoms with E-state index in [2.05, 4.69) is 65.4 Å². The zero-order valence-corrected chi connectivity index (χ0v) is 12.8. The Hall–Kier alpha value is -1.87. The van der Waals surface area contributed by atoms with Gasteiger partial charge in [-0.25, -0.2) is 4.68 Å². The van der Waals surface area contributed by atoms with Crippen molar-refractivity contribution in [3.8, 4) is 16.8 Å². The molecule has 0 fully saturated rings. The van der Waals surface area contributed by atoms with Crippen LogP contribution in [0.4, 0.5) is 0 Å². The second kappa shape index (κ2) is 5.63. The summed E-state index contributed by atoms with van der Waals surface area (Å²) in [7, 11) is 0. The molecule has 0 saturated heterocycles. The number of rotatable bonds is 3. The minimum atomic E-state index is 0.746. The number of aryl methyl sites for hydroxylation is 1. The van der Waals surface area contributed by atoms with Gasteiger partial charge in [-0.2, -0.15) is 5.10 Å². The Bertz CT molecular complexity index is 717. The molecule has 0 aliphatic rings. The summed E-state index contributed by atoms with van der Waals surface area (Å²) in [6.07, 6.45) is 2.11. The monoisotopic (exact) mass is 326 g/mol. The average molecular weight is 327 g/mol. The molecule has 0 spiro atoms. The number of halogens is 1. The highest BCUT2D eigenvalue weighted by atomic mass is 79.9. The maximum Gasteiger partial charge on any atom is 0.0812 e. The van der Waals surface area contributed by atoms with Gasteiger partial charge in [0, 0.05) is 17.1 Å². The van der Waals surface area contributed by atoms with Crippen LogP contribution in [-0.4, -0.2) is 9.78 Å². The highest BCUT2D eigenvalue weighted by molar-refractivity contribution is 9.08. The largest absolute Gasteiger partial charge is 0.240 e. The van der Waals surface area contributed by atoms with E-state index in [0.29, 0.717) is 0 Å². The Morgan fingerprint density at radius 3 is 2.40 bits per heavy atom. The Morgan fingerprint density at radius 2 is 1.70 bits per heavy atom. The van der Waals surface area contributed by atoms with Crippen molar-refractivity contribution < 1.29 is 0 Å². The molecule has 0 saturated carbocycles. The van der Waals surface area contributed by atoms with Crippen LogP contribution < -0.4 is 0 Å². The third-order valence-corrected chi connectivity index (χ3v) is 3.90. The summed E-state index contributed by atoms with van der Waals surface area (Å²) in [5, 5.41) is 5.45. The summed E-state index contributed by atoms with van der Waals surface area (Å²) in [6.45, 7) is 2.10. The van der Waals surface area contributed by atoms with Gasteiger partial charge in [-0.1, -0.05) is 64.5 Å². The van der Waals surface area contributed by atoms with Crippen molar-refractivity contribution >= 4 is 15.9 Å². The van der Waals surface area contributed by atoms with Crippen LogP contribution >= 0.6 is 15.9 Å². The smallest absolute Gasteiger partial charge is 0.0812 e. The van der Waals surface area contributed by atoms with Gasteiger partial charge in [0.1, 0.15) is 0 Å². The SMILES string of the molecule is Cc1ccccc1-n1cc(-c2ccccc2)c(CBr)n1. The summed E-state index contributed by atoms with van der Waals surface area (Å²) >= 11 is 3.53. The molecule has 0 unspecified atom stereocenters. The van der Waals surface area contributed by atoms with E-state index < -0.39 is 0 Å². The first-order valence-electron chi connectivity index (χ1n) is 6.55. The Labute approximate surface area is 127 Å². The number of hydrogen-bond acceptors (Lipinski definition) is 1. The predicted molar refractivity (Wildman–Crippen MR) is 86.4 cm³/mol. The number of para-hydroxylation sites is 1. The second-order valence-corrected chi connectivity index (χ2v) is 5.28. The lowest BCUT2D eigenvalue weighted by Crippen LogP contribution is -1.97. The molecular weight excluding hydrogens is 312 g/mol. The molecule has 0 bridgehead atoms. The van der Waals surface area contributed by atoms with Gasteiger partial charge in [-0.05, 0) is 24.1 Å². The van der Waals surface area contributed by atoms with Gasteiger partial charge >= 0.3 is 0 Å². The summed E-state index contributed by atoms with van der Waals surface area (Å²) < 4.78 is 1.97. The van der Waals surface area contributed by atoms with Crippen LogP contribution in [0.2, 0.25) is 0 Å². The van der Waals surface area contributed by atoms with Crippen molar-refractivity contribution in [3.05, 3.63) is 72.1 Å². The van der Waals surface area contributed by atoms with Crippen LogP contribution in [0, 0.1) is 6.92 Å². The van der Waals surface area contributed by atoms with Crippen LogP contribution in [0.25, 0.3) is 16.8 Å². The molecule has 0 amide bonds. The Balaban J connectivity index is 2.13. The van der Waals surface area contributed by atoms with E-state index in [0.717, 1.165) is 16.7 Å². The van der Waals surface area contributed by atoms with Crippen LogP contribution in [0.1, 0.15) is 11.3 Å². The third-order valence-electron chi connectivity index (χ3n) is 3.36. The molecule has 2 nitrogen and oxygen atoms in total. The first kappa shape index (κ1) is 13.1. The summed E-state index contributed by atoms with van der Waals surface area (Å²) in [4.78, 5) is 0. The average Bonchev–Trinajstić information content (AvgIpc) is 2.92. The van der Waals surface area contributed by atoms with E-state index in [-0.39, 0.29) is 0 Å². The summed E-state index contributed by atoms with van der Waals surface area (Å²) in [6, 6.07) is 18.7. The number of benzene rings is 2. The van der Waals surface area contributed by atoms with Crippen molar-refractivity contribution in [1.29, 1.82) is 0 Å². The second-order valence-electron chi connectivity index (χ2n) is 4.72. The zero-order chi connectivity index (χ0) is 13.9. The highest BCUT2D eigenvalue weighted by Crippen LogP contribution is 2.26. The number of alkyl halides is 1. The van der Waals surface area contributed by atoms with E-state index in [4.69, 9.17) is 5.10 Å². The van der Waals surface area contributed by atoms with E-state index in [1.807, 2.05) is 22.9 Å². The standard InChI is InChI=1S/C17H15BrN2/c1-13-7-5-6-10-17(13)20-12-15(16(11-18)19-20)14-8-3-2-4-9-14/h2-10,12H,11H2,1H3. The highest BCUT2D eigenvalue weighted by Gasteiger charge is 2.11. The molecule has 0 radical (unpaired) electrons. The molecule has 0 aliphatic carbocycles. The number of aromatic nitrogens is 2. The van der Waals surface area contributed by atoms with Crippen LogP contribution in [0.3, 0.4) is 0 Å². The normalized spacial score (nSPS) is 10.7. The van der Waals surface area contributed by atoms with Crippen molar-refractivity contribution in [2.45, 2.75) is 12.3 Å². The third kappa shape index (κ3) is 2.41. The molecule has 0 N–H and O–H groups in total. The fraction of sp³-hybridized carbons (Fsp3) is 0.118. The molecule has 2 aromatic carbocycles. The Morgan fingerprint density at radius 1 is 1.00 bits per heavy atom. The van der Waals surface area contributed by atoms with Crippen molar-refractivity contribution in [2.24, 2.45) is 0 Å². The molecule has 20 heavy (non-hydrogen) atoms. The molecule has 3 aromatic rings. The van der Waals surface area contributed by atoms with Gasteiger partial charge in [0.05, 0.1) is 11.4 Å². The van der Waals surface area contributed by atoms with Gasteiger partial charge < -0.3 is 0 Å². The number of hydrogen-bond donors (Lipinski definition) is 0. The van der Waals surface area contributed by atoms with E-state index in [1.165, 1.54) is 16.7 Å². The lowest BCUT2D eigenvalue weighted by molar-refractivity contribution is 0.854. The van der Waals surface area contributed by atoms with E-state index in [1.54, 1.807) is 0 Å². The van der Waals surface area contributed by atoms with Crippen LogP contribution in [0.15, 0.2) is 60.8 Å². The van der Waals surface area contributed by atoms with Gasteiger partial charge in [0.25, 0.3) is 0 Å². The van der Waals surface area contributed by atoms with Gasteiger partial charge in [-0.3, -0.25) is 0 Å². The van der Waals surface area contributed by atoms with Crippen molar-refractivity contribution in [1.82, 2.24) is 9.78 Å². The summed E-state index contributed by atoms with van der Waals surface area (Å²) in [5.74, 6) is 0. The van der Waals surface area contributed by atoms with E-state index in [9.17, 15) is 0 Å². The minimum Gasteiger partial charge on any atom is -0.240 e. The van der Waals surface area contributed by atoms with Crippen molar-refractivity contribution in [2.75, 3.05) is 0 Å². The zero-order valence-electron chi connectivity index (χ0n) is 11.3. The predicted octanol–water partition coefficient (Wildman–Crippen LogP) is 4.74. The first-order valence-corrected chi connectivity index (χ1v) is 7.67. The van der Waals surface area contributed by atoms with Gasteiger partial charge in [0.2, 0.25) is 0 Å². The van der Waals surface area contributed by atoms with Crippen LogP contribution in [0.5, 0.6) is 0 Å². The molecule has 3 heteroatoms. The number of nitrogens with zero attached hydrogens (tertiary/aromatic N) is 2. The maximum absolute atomic E-state index is 4.71. The van der Waals surface area contributed by atoms with Crippen molar-refractivity contribution in [3.63, 3.8) is 0 Å². The molecule has 1 heterocycles. The van der Waals surface area contributed by atoms with Crippen LogP contribution in [-0.2, 0) is 5.33 Å². The molecule has 0 atom stereocenters. The summed E-state index contributed by atoms with van der Waals surface area (Å²) in [5.41, 5.74) is 5.76. The fourth-order valence-corrected chi connectivity index (χ4v) is 2.73. The molecule has 0 aliphatic heterocycles. The molecule has 3 rings (SSSR count). The van der Waals surface area contributed by atoms with E-state index >= 15 is 0 Å². The Kier molecular flexibility index (Phi) is 3.70. The molecule has 1 aromatic heterocycles. The fourth-order valence-electron chi connectivity index (χ4n) is 2.31. The first-order chi connectivity index (χ1) is 9.79. The topological polar surface area (TPSA) is 17.8 Å². The lowest BCUT2D eigenvalue weighted by atomic mass is 10.1.